The number of carbonyl (C=O) groups excluding carboxylic acids is 1. The van der Waals surface area contributed by atoms with Gasteiger partial charge in [-0.25, -0.2) is 4.39 Å². The second kappa shape index (κ2) is 4.63. The molecule has 0 heterocycles. The van der Waals surface area contributed by atoms with Crippen LogP contribution in [0.5, 0.6) is 0 Å². The molecular weight excluding hydrogens is 275 g/mol. The lowest BCUT2D eigenvalue weighted by atomic mass is 10.0. The Labute approximate surface area is 102 Å². The van der Waals surface area contributed by atoms with Gasteiger partial charge in [-0.15, -0.1) is 0 Å². The van der Waals surface area contributed by atoms with Crippen molar-refractivity contribution in [2.75, 3.05) is 0 Å². The van der Waals surface area contributed by atoms with Gasteiger partial charge in [0.2, 0.25) is 0 Å². The summed E-state index contributed by atoms with van der Waals surface area (Å²) in [6, 6.07) is 4.36. The number of aliphatic hydroxyl groups excluding tert-OH is 1. The normalized spacial score (nSPS) is 17.2. The van der Waals surface area contributed by atoms with Gasteiger partial charge in [-0.2, -0.15) is 0 Å². The summed E-state index contributed by atoms with van der Waals surface area (Å²) in [7, 11) is 0. The molecule has 2 nitrogen and oxygen atoms in total. The highest BCUT2D eigenvalue weighted by Gasteiger charge is 2.34. The summed E-state index contributed by atoms with van der Waals surface area (Å²) < 4.78 is 13.7. The highest BCUT2D eigenvalue weighted by atomic mass is 79.9. The van der Waals surface area contributed by atoms with E-state index in [9.17, 15) is 14.3 Å². The Kier molecular flexibility index (Phi) is 3.40. The zero-order valence-electron chi connectivity index (χ0n) is 8.62. The van der Waals surface area contributed by atoms with Crippen LogP contribution in [0.25, 0.3) is 0 Å². The van der Waals surface area contributed by atoms with Gasteiger partial charge in [0.05, 0.1) is 0 Å². The Morgan fingerprint density at radius 1 is 1.50 bits per heavy atom. The number of hydrogen-bond acceptors (Lipinski definition) is 2. The fourth-order valence-electron chi connectivity index (χ4n) is 1.69. The van der Waals surface area contributed by atoms with E-state index in [-0.39, 0.29) is 23.9 Å². The molecule has 1 fully saturated rings. The van der Waals surface area contributed by atoms with Gasteiger partial charge in [-0.3, -0.25) is 4.79 Å². The fourth-order valence-corrected chi connectivity index (χ4v) is 2.21. The summed E-state index contributed by atoms with van der Waals surface area (Å²) in [5.41, 5.74) is 0.594. The number of rotatable bonds is 4. The lowest BCUT2D eigenvalue weighted by Crippen LogP contribution is -2.24. The van der Waals surface area contributed by atoms with E-state index in [2.05, 4.69) is 15.9 Å². The largest absolute Gasteiger partial charge is 0.385 e. The van der Waals surface area contributed by atoms with E-state index in [1.165, 1.54) is 12.1 Å². The van der Waals surface area contributed by atoms with Crippen LogP contribution in [0.1, 0.15) is 18.4 Å². The minimum Gasteiger partial charge on any atom is -0.385 e. The van der Waals surface area contributed by atoms with Crippen LogP contribution in [0.2, 0.25) is 0 Å². The molecule has 1 saturated carbocycles. The monoisotopic (exact) mass is 286 g/mol. The maximum absolute atomic E-state index is 13.0. The van der Waals surface area contributed by atoms with Crippen molar-refractivity contribution in [2.24, 2.45) is 5.92 Å². The van der Waals surface area contributed by atoms with Gasteiger partial charge in [0.1, 0.15) is 11.9 Å². The summed E-state index contributed by atoms with van der Waals surface area (Å²) >= 11 is 3.17. The van der Waals surface area contributed by atoms with E-state index in [1.807, 2.05) is 0 Å². The topological polar surface area (TPSA) is 37.3 Å². The molecule has 0 amide bonds. The second-order valence-electron chi connectivity index (χ2n) is 4.20. The van der Waals surface area contributed by atoms with Crippen molar-refractivity contribution >= 4 is 21.7 Å². The van der Waals surface area contributed by atoms with E-state index in [0.29, 0.717) is 10.0 Å². The molecule has 1 aromatic rings. The van der Waals surface area contributed by atoms with Crippen LogP contribution in [0.4, 0.5) is 4.39 Å². The Hall–Kier alpha value is -0.740. The van der Waals surface area contributed by atoms with E-state index in [1.54, 1.807) is 6.07 Å². The summed E-state index contributed by atoms with van der Waals surface area (Å²) in [6.07, 6.45) is 1.05. The maximum atomic E-state index is 13.0. The van der Waals surface area contributed by atoms with Crippen LogP contribution in [-0.2, 0) is 11.2 Å². The molecule has 0 bridgehead atoms. The van der Waals surface area contributed by atoms with Crippen LogP contribution >= 0.6 is 15.9 Å². The Morgan fingerprint density at radius 3 is 2.75 bits per heavy atom. The average molecular weight is 287 g/mol. The van der Waals surface area contributed by atoms with E-state index in [0.717, 1.165) is 12.8 Å². The van der Waals surface area contributed by atoms with Crippen molar-refractivity contribution in [3.05, 3.63) is 34.1 Å². The lowest BCUT2D eigenvalue weighted by Gasteiger charge is -2.08. The van der Waals surface area contributed by atoms with E-state index >= 15 is 0 Å². The van der Waals surface area contributed by atoms with E-state index < -0.39 is 6.10 Å². The fraction of sp³-hybridized carbons (Fsp3) is 0.417. The number of aliphatic hydroxyl groups is 1. The minimum atomic E-state index is -0.873. The Morgan fingerprint density at radius 2 is 2.19 bits per heavy atom. The summed E-state index contributed by atoms with van der Waals surface area (Å²) in [6.45, 7) is 0. The molecule has 1 aliphatic rings. The quantitative estimate of drug-likeness (QED) is 0.923. The number of carbonyl (C=O) groups is 1. The molecule has 4 heteroatoms. The van der Waals surface area contributed by atoms with Gasteiger partial charge in [-0.1, -0.05) is 15.9 Å². The van der Waals surface area contributed by atoms with Gasteiger partial charge in [-0.05, 0) is 42.5 Å². The summed E-state index contributed by atoms with van der Waals surface area (Å²) in [5, 5.41) is 9.60. The molecule has 1 unspecified atom stereocenters. The van der Waals surface area contributed by atoms with Crippen LogP contribution in [0, 0.1) is 11.7 Å². The van der Waals surface area contributed by atoms with Crippen molar-refractivity contribution in [3.63, 3.8) is 0 Å². The maximum Gasteiger partial charge on any atom is 0.165 e. The minimum absolute atomic E-state index is 0.0913. The molecule has 1 atom stereocenters. The van der Waals surface area contributed by atoms with Crippen LogP contribution in [0.3, 0.4) is 0 Å². The molecule has 0 aromatic heterocycles. The lowest BCUT2D eigenvalue weighted by molar-refractivity contribution is -0.127. The predicted molar refractivity (Wildman–Crippen MR) is 61.5 cm³/mol. The summed E-state index contributed by atoms with van der Waals surface area (Å²) in [5.74, 6) is -0.470. The van der Waals surface area contributed by atoms with Crippen molar-refractivity contribution in [1.29, 1.82) is 0 Å². The zero-order valence-corrected chi connectivity index (χ0v) is 10.2. The Balaban J connectivity index is 2.04. The Bertz CT molecular complexity index is 395. The molecular formula is C12H12BrFO2. The first-order valence-electron chi connectivity index (χ1n) is 5.22. The molecule has 2 rings (SSSR count). The van der Waals surface area contributed by atoms with Crippen LogP contribution in [0.15, 0.2) is 22.7 Å². The molecule has 1 aromatic carbocycles. The van der Waals surface area contributed by atoms with Gasteiger partial charge >= 0.3 is 0 Å². The number of hydrogen-bond donors (Lipinski definition) is 1. The smallest absolute Gasteiger partial charge is 0.165 e. The molecule has 16 heavy (non-hydrogen) atoms. The van der Waals surface area contributed by atoms with Gasteiger partial charge in [0, 0.05) is 10.9 Å². The third-order valence-corrected chi connectivity index (χ3v) is 3.16. The van der Waals surface area contributed by atoms with Gasteiger partial charge in [0.25, 0.3) is 0 Å². The first-order valence-corrected chi connectivity index (χ1v) is 6.01. The third kappa shape index (κ3) is 2.89. The molecule has 0 saturated heterocycles. The van der Waals surface area contributed by atoms with E-state index in [4.69, 9.17) is 0 Å². The van der Waals surface area contributed by atoms with Crippen molar-refractivity contribution in [1.82, 2.24) is 0 Å². The highest BCUT2D eigenvalue weighted by molar-refractivity contribution is 9.10. The first-order chi connectivity index (χ1) is 7.56. The summed E-state index contributed by atoms with van der Waals surface area (Å²) in [4.78, 5) is 11.6. The molecule has 1 aliphatic carbocycles. The SMILES string of the molecule is O=C(Cc1cc(F)cc(Br)c1)C(O)C1CC1. The molecule has 0 aliphatic heterocycles. The first kappa shape index (κ1) is 11.7. The highest BCUT2D eigenvalue weighted by Crippen LogP contribution is 2.33. The van der Waals surface area contributed by atoms with Crippen molar-refractivity contribution in [3.8, 4) is 0 Å². The van der Waals surface area contributed by atoms with Crippen molar-refractivity contribution in [2.45, 2.75) is 25.4 Å². The average Bonchev–Trinajstić information content (AvgIpc) is 2.97. The third-order valence-electron chi connectivity index (χ3n) is 2.70. The van der Waals surface area contributed by atoms with Crippen LogP contribution in [-0.4, -0.2) is 17.0 Å². The standard InChI is InChI=1S/C12H12BrFO2/c13-9-3-7(4-10(14)6-9)5-11(15)12(16)8-1-2-8/h3-4,6,8,12,16H,1-2,5H2. The predicted octanol–water partition coefficient (Wildman–Crippen LogP) is 2.47. The number of halogens is 2. The van der Waals surface area contributed by atoms with Crippen molar-refractivity contribution < 1.29 is 14.3 Å². The van der Waals surface area contributed by atoms with Gasteiger partial charge in [0.15, 0.2) is 5.78 Å². The zero-order chi connectivity index (χ0) is 11.7. The van der Waals surface area contributed by atoms with Gasteiger partial charge < -0.3 is 5.11 Å². The number of Topliss-reactive ketones (excluding diaryl/α,β-unsaturated/α-hetero) is 1. The number of benzene rings is 1. The molecule has 86 valence electrons. The molecule has 0 spiro atoms. The van der Waals surface area contributed by atoms with Crippen LogP contribution < -0.4 is 0 Å². The molecule has 1 N–H and O–H groups in total. The number of ketones is 1. The second-order valence-corrected chi connectivity index (χ2v) is 5.12. The molecule has 0 radical (unpaired) electrons.